The highest BCUT2D eigenvalue weighted by Crippen LogP contribution is 2.44. The Hall–Kier alpha value is -3.90. The van der Waals surface area contributed by atoms with E-state index in [1.165, 1.54) is 11.8 Å². The molecule has 1 atom stereocenters. The van der Waals surface area contributed by atoms with Gasteiger partial charge in [-0.15, -0.1) is 0 Å². The zero-order valence-corrected chi connectivity index (χ0v) is 22.4. The van der Waals surface area contributed by atoms with E-state index in [4.69, 9.17) is 4.42 Å². The number of anilines is 1. The number of nitriles is 1. The lowest BCUT2D eigenvalue weighted by Gasteiger charge is -2.25. The number of amides is 2. The largest absolute Gasteiger partial charge is 0.430 e. The number of likely N-dealkylation sites (N-methyl/N-ethyl adjacent to an activating group) is 3. The van der Waals surface area contributed by atoms with Gasteiger partial charge in [-0.1, -0.05) is 30.3 Å². The lowest BCUT2D eigenvalue weighted by Crippen LogP contribution is -2.36. The summed E-state index contributed by atoms with van der Waals surface area (Å²) in [6, 6.07) is 12.7. The van der Waals surface area contributed by atoms with Crippen LogP contribution in [0.2, 0.25) is 0 Å². The number of carbonyl (C=O) groups is 2. The van der Waals surface area contributed by atoms with Crippen LogP contribution in [0, 0.1) is 18.3 Å². The molecule has 2 heterocycles. The van der Waals surface area contributed by atoms with E-state index in [1.54, 1.807) is 19.0 Å². The molecule has 1 aliphatic heterocycles. The third kappa shape index (κ3) is 5.02. The molecular formula is C28H34N6O3. The number of rotatable bonds is 7. The van der Waals surface area contributed by atoms with Gasteiger partial charge >= 0.3 is 5.91 Å². The molecule has 0 aliphatic carbocycles. The van der Waals surface area contributed by atoms with Gasteiger partial charge in [0.25, 0.3) is 5.89 Å². The average Bonchev–Trinajstić information content (AvgIpc) is 3.54. The molecule has 1 aromatic heterocycles. The molecule has 1 aliphatic rings. The highest BCUT2D eigenvalue weighted by Gasteiger charge is 2.32. The summed E-state index contributed by atoms with van der Waals surface area (Å²) in [6.45, 7) is 5.77. The van der Waals surface area contributed by atoms with Crippen molar-refractivity contribution in [1.82, 2.24) is 19.7 Å². The van der Waals surface area contributed by atoms with Gasteiger partial charge in [-0.3, -0.25) is 9.59 Å². The Balaban J connectivity index is 1.85. The summed E-state index contributed by atoms with van der Waals surface area (Å²) in [5.74, 6) is -0.528. The number of nitrogens with zero attached hydrogens (tertiary/aromatic N) is 6. The second-order valence-electron chi connectivity index (χ2n) is 9.92. The molecule has 1 fully saturated rings. The third-order valence-electron chi connectivity index (χ3n) is 7.29. The number of fused-ring (bicyclic) bond motifs is 1. The van der Waals surface area contributed by atoms with E-state index in [1.807, 2.05) is 37.3 Å². The van der Waals surface area contributed by atoms with Gasteiger partial charge in [0, 0.05) is 58.8 Å². The minimum atomic E-state index is -0.394. The number of oxazole rings is 1. The van der Waals surface area contributed by atoms with Crippen molar-refractivity contribution in [3.05, 3.63) is 47.3 Å². The van der Waals surface area contributed by atoms with Crippen molar-refractivity contribution in [1.29, 1.82) is 5.26 Å². The smallest absolute Gasteiger partial charge is 0.309 e. The molecule has 3 aromatic rings. The first-order valence-corrected chi connectivity index (χ1v) is 12.4. The van der Waals surface area contributed by atoms with Crippen molar-refractivity contribution in [2.75, 3.05) is 59.3 Å². The maximum atomic E-state index is 13.3. The van der Waals surface area contributed by atoms with Crippen molar-refractivity contribution in [2.24, 2.45) is 0 Å². The van der Waals surface area contributed by atoms with Crippen molar-refractivity contribution in [3.63, 3.8) is 0 Å². The van der Waals surface area contributed by atoms with Gasteiger partial charge in [0.15, 0.2) is 5.58 Å². The van der Waals surface area contributed by atoms with Crippen LogP contribution < -0.4 is 4.90 Å². The van der Waals surface area contributed by atoms with Crippen molar-refractivity contribution in [3.8, 4) is 17.2 Å². The predicted octanol–water partition coefficient (Wildman–Crippen LogP) is 3.37. The van der Waals surface area contributed by atoms with Crippen molar-refractivity contribution in [2.45, 2.75) is 26.3 Å². The summed E-state index contributed by atoms with van der Waals surface area (Å²) in [4.78, 5) is 36.9. The summed E-state index contributed by atoms with van der Waals surface area (Å²) in [6.07, 6.45) is 0.994. The minimum absolute atomic E-state index is 0.0614. The quantitative estimate of drug-likeness (QED) is 0.489. The van der Waals surface area contributed by atoms with E-state index in [9.17, 15) is 14.9 Å². The topological polar surface area (TPSA) is 96.9 Å². The highest BCUT2D eigenvalue weighted by atomic mass is 16.4. The van der Waals surface area contributed by atoms with Gasteiger partial charge in [-0.2, -0.15) is 5.26 Å². The molecule has 0 radical (unpaired) electrons. The molecule has 9 heteroatoms. The van der Waals surface area contributed by atoms with Crippen LogP contribution in [0.15, 0.2) is 34.7 Å². The van der Waals surface area contributed by atoms with Crippen LogP contribution >= 0.6 is 0 Å². The van der Waals surface area contributed by atoms with Crippen LogP contribution in [-0.2, 0) is 4.79 Å². The molecule has 2 amide bonds. The van der Waals surface area contributed by atoms with Gasteiger partial charge < -0.3 is 24.0 Å². The van der Waals surface area contributed by atoms with E-state index in [0.717, 1.165) is 41.9 Å². The summed E-state index contributed by atoms with van der Waals surface area (Å²) in [7, 11) is 7.50. The number of hydrogen-bond acceptors (Lipinski definition) is 7. The van der Waals surface area contributed by atoms with Crippen LogP contribution in [0.3, 0.4) is 0 Å². The lowest BCUT2D eigenvalue weighted by molar-refractivity contribution is -0.127. The normalized spacial score (nSPS) is 15.3. The maximum absolute atomic E-state index is 13.3. The summed E-state index contributed by atoms with van der Waals surface area (Å²) < 4.78 is 6.21. The van der Waals surface area contributed by atoms with E-state index < -0.39 is 5.91 Å². The first kappa shape index (κ1) is 26.2. The van der Waals surface area contributed by atoms with Gasteiger partial charge in [-0.05, 0) is 38.6 Å². The fraction of sp³-hybridized carbons (Fsp3) is 0.429. The number of benzene rings is 2. The van der Waals surface area contributed by atoms with E-state index in [-0.39, 0.29) is 11.8 Å². The number of aromatic nitrogens is 1. The Kier molecular flexibility index (Phi) is 7.50. The lowest BCUT2D eigenvalue weighted by atomic mass is 9.93. The molecule has 0 N–H and O–H groups in total. The second-order valence-corrected chi connectivity index (χ2v) is 9.92. The molecule has 2 aromatic carbocycles. The molecule has 194 valence electrons. The standard InChI is InChI=1S/C28H34N6O3/c1-18-22(16-29)24-26(37-27(30-24)28(36)33(6)15-14-32(5)19(2)35)25(23(18)20-10-8-7-9-11-20)34-13-12-21(17-34)31(3)4/h7-11,21H,12-15,17H2,1-6H3/t21-/m0/s1. The molecule has 1 saturated heterocycles. The van der Waals surface area contributed by atoms with Crippen molar-refractivity contribution < 1.29 is 14.0 Å². The minimum Gasteiger partial charge on any atom is -0.430 e. The maximum Gasteiger partial charge on any atom is 0.309 e. The highest BCUT2D eigenvalue weighted by molar-refractivity contribution is 6.04. The Morgan fingerprint density at radius 3 is 2.41 bits per heavy atom. The van der Waals surface area contributed by atoms with Crippen LogP contribution in [0.4, 0.5) is 5.69 Å². The van der Waals surface area contributed by atoms with Gasteiger partial charge in [0.2, 0.25) is 5.91 Å². The Bertz CT molecular complexity index is 1360. The SMILES string of the molecule is CC(=O)N(C)CCN(C)C(=O)c1nc2c(C#N)c(C)c(-c3ccccc3)c(N3CC[C@H](N(C)C)C3)c2o1. The van der Waals surface area contributed by atoms with Gasteiger partial charge in [0.1, 0.15) is 11.6 Å². The molecule has 0 unspecified atom stereocenters. The first-order valence-electron chi connectivity index (χ1n) is 12.4. The average molecular weight is 503 g/mol. The van der Waals surface area contributed by atoms with Gasteiger partial charge in [0.05, 0.1) is 11.3 Å². The number of hydrogen-bond donors (Lipinski definition) is 0. The molecule has 0 bridgehead atoms. The molecular weight excluding hydrogens is 468 g/mol. The summed E-state index contributed by atoms with van der Waals surface area (Å²) in [5.41, 5.74) is 4.85. The van der Waals surface area contributed by atoms with E-state index in [0.29, 0.717) is 35.8 Å². The monoisotopic (exact) mass is 502 g/mol. The second kappa shape index (κ2) is 10.6. The molecule has 0 saturated carbocycles. The first-order chi connectivity index (χ1) is 17.6. The molecule has 37 heavy (non-hydrogen) atoms. The van der Waals surface area contributed by atoms with Crippen LogP contribution in [0.1, 0.15) is 35.2 Å². The third-order valence-corrected chi connectivity index (χ3v) is 7.29. The van der Waals surface area contributed by atoms with E-state index >= 15 is 0 Å². The predicted molar refractivity (Wildman–Crippen MR) is 143 cm³/mol. The Morgan fingerprint density at radius 2 is 1.81 bits per heavy atom. The fourth-order valence-corrected chi connectivity index (χ4v) is 4.82. The zero-order chi connectivity index (χ0) is 26.9. The van der Waals surface area contributed by atoms with Crippen LogP contribution in [0.25, 0.3) is 22.2 Å². The summed E-state index contributed by atoms with van der Waals surface area (Å²) in [5, 5.41) is 10.1. The van der Waals surface area contributed by atoms with Gasteiger partial charge in [-0.25, -0.2) is 4.98 Å². The van der Waals surface area contributed by atoms with Crippen LogP contribution in [0.5, 0.6) is 0 Å². The fourth-order valence-electron chi connectivity index (χ4n) is 4.82. The van der Waals surface area contributed by atoms with Crippen molar-refractivity contribution >= 4 is 28.6 Å². The molecule has 4 rings (SSSR count). The molecule has 0 spiro atoms. The number of carbonyl (C=O) groups excluding carboxylic acids is 2. The van der Waals surface area contributed by atoms with Crippen LogP contribution in [-0.4, -0.2) is 91.9 Å². The Labute approximate surface area is 217 Å². The Morgan fingerprint density at radius 1 is 1.14 bits per heavy atom. The summed E-state index contributed by atoms with van der Waals surface area (Å²) >= 11 is 0. The molecule has 9 nitrogen and oxygen atoms in total. The zero-order valence-electron chi connectivity index (χ0n) is 22.4. The van der Waals surface area contributed by atoms with E-state index in [2.05, 4.69) is 34.9 Å².